The molecule has 0 bridgehead atoms. The van der Waals surface area contributed by atoms with Gasteiger partial charge in [0.15, 0.2) is 0 Å². The van der Waals surface area contributed by atoms with Crippen LogP contribution >= 0.6 is 0 Å². The molecule has 0 fully saturated rings. The second-order valence-corrected chi connectivity index (χ2v) is 4.25. The zero-order valence-corrected chi connectivity index (χ0v) is 11.3. The summed E-state index contributed by atoms with van der Waals surface area (Å²) < 4.78 is 42.8. The quantitative estimate of drug-likeness (QED) is 0.653. The Morgan fingerprint density at radius 1 is 1.33 bits per heavy atom. The number of carbonyl (C=O) groups excluding carboxylic acids is 2. The lowest BCUT2D eigenvalue weighted by atomic mass is 10.1. The molecule has 0 aliphatic carbocycles. The van der Waals surface area contributed by atoms with E-state index in [1.807, 2.05) is 0 Å². The number of halogens is 3. The van der Waals surface area contributed by atoms with E-state index in [4.69, 9.17) is 0 Å². The van der Waals surface area contributed by atoms with Crippen molar-refractivity contribution in [2.24, 2.45) is 0 Å². The lowest BCUT2D eigenvalue weighted by Gasteiger charge is -2.28. The summed E-state index contributed by atoms with van der Waals surface area (Å²) in [4.78, 5) is 23.1. The first kappa shape index (κ1) is 17.0. The number of hydrogen-bond donors (Lipinski definition) is 2. The smallest absolute Gasteiger partial charge is 0.448 e. The SMILES string of the molecule is CCOC(=O)[C@@](O)(NC(=O)c1cccc(C)c1)C(F)(F)F. The van der Waals surface area contributed by atoms with Crippen LogP contribution in [0.4, 0.5) is 13.2 Å². The maximum atomic E-state index is 12.9. The van der Waals surface area contributed by atoms with Gasteiger partial charge in [-0.15, -0.1) is 0 Å². The zero-order chi connectivity index (χ0) is 16.3. The van der Waals surface area contributed by atoms with Gasteiger partial charge in [0.2, 0.25) is 0 Å². The molecule has 0 aromatic heterocycles. The van der Waals surface area contributed by atoms with Crippen molar-refractivity contribution in [3.8, 4) is 0 Å². The highest BCUT2D eigenvalue weighted by Crippen LogP contribution is 2.29. The van der Waals surface area contributed by atoms with Crippen molar-refractivity contribution < 1.29 is 32.6 Å². The van der Waals surface area contributed by atoms with Gasteiger partial charge in [0, 0.05) is 5.56 Å². The summed E-state index contributed by atoms with van der Waals surface area (Å²) in [6, 6.07) is 5.67. The Morgan fingerprint density at radius 2 is 1.95 bits per heavy atom. The number of aryl methyl sites for hydroxylation is 1. The Morgan fingerprint density at radius 3 is 2.43 bits per heavy atom. The summed E-state index contributed by atoms with van der Waals surface area (Å²) in [6.45, 7) is 2.53. The Hall–Kier alpha value is -2.09. The molecular formula is C13H14F3NO4. The lowest BCUT2D eigenvalue weighted by molar-refractivity contribution is -0.269. The molecule has 0 radical (unpaired) electrons. The van der Waals surface area contributed by atoms with Crippen LogP contribution in [0.1, 0.15) is 22.8 Å². The Bertz CT molecular complexity index is 544. The van der Waals surface area contributed by atoms with Gasteiger partial charge in [-0.25, -0.2) is 4.79 Å². The van der Waals surface area contributed by atoms with E-state index in [0.717, 1.165) is 0 Å². The van der Waals surface area contributed by atoms with E-state index in [-0.39, 0.29) is 12.2 Å². The molecule has 0 aliphatic heterocycles. The molecule has 5 nitrogen and oxygen atoms in total. The number of rotatable bonds is 4. The summed E-state index contributed by atoms with van der Waals surface area (Å²) in [5.41, 5.74) is -3.58. The minimum Gasteiger partial charge on any atom is -0.462 e. The molecule has 0 saturated carbocycles. The van der Waals surface area contributed by atoms with Crippen LogP contribution in [0.3, 0.4) is 0 Å². The van der Waals surface area contributed by atoms with E-state index < -0.39 is 23.8 Å². The number of esters is 1. The fourth-order valence-corrected chi connectivity index (χ4v) is 1.50. The second kappa shape index (κ2) is 6.13. The third-order valence-corrected chi connectivity index (χ3v) is 2.56. The third-order valence-electron chi connectivity index (χ3n) is 2.56. The van der Waals surface area contributed by atoms with Crippen LogP contribution in [0, 0.1) is 6.92 Å². The van der Waals surface area contributed by atoms with Crippen molar-refractivity contribution >= 4 is 11.9 Å². The molecule has 1 aromatic rings. The van der Waals surface area contributed by atoms with Gasteiger partial charge in [0.05, 0.1) is 6.61 Å². The van der Waals surface area contributed by atoms with Crippen LogP contribution in [0.15, 0.2) is 24.3 Å². The molecule has 1 amide bonds. The Labute approximate surface area is 118 Å². The van der Waals surface area contributed by atoms with Gasteiger partial charge in [-0.2, -0.15) is 13.2 Å². The highest BCUT2D eigenvalue weighted by atomic mass is 19.4. The number of amides is 1. The highest BCUT2D eigenvalue weighted by molar-refractivity contribution is 5.98. The van der Waals surface area contributed by atoms with Crippen LogP contribution in [0.2, 0.25) is 0 Å². The van der Waals surface area contributed by atoms with Crippen molar-refractivity contribution in [3.63, 3.8) is 0 Å². The normalized spacial score (nSPS) is 14.2. The van der Waals surface area contributed by atoms with Gasteiger partial charge in [0.1, 0.15) is 0 Å². The van der Waals surface area contributed by atoms with Gasteiger partial charge in [-0.05, 0) is 26.0 Å². The summed E-state index contributed by atoms with van der Waals surface area (Å²) in [5.74, 6) is -3.23. The summed E-state index contributed by atoms with van der Waals surface area (Å²) in [7, 11) is 0. The minimum absolute atomic E-state index is 0.123. The molecule has 0 heterocycles. The summed E-state index contributed by atoms with van der Waals surface area (Å²) in [6.07, 6.45) is -5.42. The second-order valence-electron chi connectivity index (χ2n) is 4.25. The van der Waals surface area contributed by atoms with E-state index in [0.29, 0.717) is 5.56 Å². The monoisotopic (exact) mass is 305 g/mol. The van der Waals surface area contributed by atoms with E-state index in [2.05, 4.69) is 4.74 Å². The van der Waals surface area contributed by atoms with Crippen molar-refractivity contribution in [2.45, 2.75) is 25.7 Å². The topological polar surface area (TPSA) is 75.6 Å². The molecule has 0 unspecified atom stereocenters. The average molecular weight is 305 g/mol. The number of carbonyl (C=O) groups is 2. The first-order valence-electron chi connectivity index (χ1n) is 5.97. The Kier molecular flexibility index (Phi) is 4.95. The van der Waals surface area contributed by atoms with Crippen LogP contribution in [-0.4, -0.2) is 35.5 Å². The van der Waals surface area contributed by atoms with Gasteiger partial charge < -0.3 is 15.2 Å². The predicted molar refractivity (Wildman–Crippen MR) is 66.3 cm³/mol. The zero-order valence-electron chi connectivity index (χ0n) is 11.3. The first-order chi connectivity index (χ1) is 9.61. The van der Waals surface area contributed by atoms with Gasteiger partial charge in [0.25, 0.3) is 5.91 Å². The lowest BCUT2D eigenvalue weighted by Crippen LogP contribution is -2.64. The fourth-order valence-electron chi connectivity index (χ4n) is 1.50. The van der Waals surface area contributed by atoms with E-state index in [1.54, 1.807) is 13.0 Å². The first-order valence-corrected chi connectivity index (χ1v) is 5.97. The summed E-state index contributed by atoms with van der Waals surface area (Å²) >= 11 is 0. The van der Waals surface area contributed by atoms with Crippen molar-refractivity contribution in [1.82, 2.24) is 5.32 Å². The molecule has 1 atom stereocenters. The Balaban J connectivity index is 3.08. The maximum Gasteiger partial charge on any atom is 0.448 e. The van der Waals surface area contributed by atoms with E-state index >= 15 is 0 Å². The van der Waals surface area contributed by atoms with Crippen LogP contribution in [0.25, 0.3) is 0 Å². The van der Waals surface area contributed by atoms with Crippen molar-refractivity contribution in [2.75, 3.05) is 6.61 Å². The number of aliphatic hydroxyl groups is 1. The minimum atomic E-state index is -5.42. The molecule has 21 heavy (non-hydrogen) atoms. The van der Waals surface area contributed by atoms with Crippen LogP contribution < -0.4 is 5.32 Å². The van der Waals surface area contributed by atoms with Crippen molar-refractivity contribution in [3.05, 3.63) is 35.4 Å². The molecule has 116 valence electrons. The number of nitrogens with one attached hydrogen (secondary N) is 1. The average Bonchev–Trinajstić information content (AvgIpc) is 2.37. The van der Waals surface area contributed by atoms with Crippen LogP contribution in [-0.2, 0) is 9.53 Å². The number of alkyl halides is 3. The predicted octanol–water partition coefficient (Wildman–Crippen LogP) is 1.54. The van der Waals surface area contributed by atoms with E-state index in [1.165, 1.54) is 30.4 Å². The number of hydrogen-bond acceptors (Lipinski definition) is 4. The number of ether oxygens (including phenoxy) is 1. The van der Waals surface area contributed by atoms with E-state index in [9.17, 15) is 27.9 Å². The molecular weight excluding hydrogens is 291 g/mol. The maximum absolute atomic E-state index is 12.9. The third kappa shape index (κ3) is 3.72. The largest absolute Gasteiger partial charge is 0.462 e. The van der Waals surface area contributed by atoms with Crippen LogP contribution in [0.5, 0.6) is 0 Å². The molecule has 0 saturated heterocycles. The van der Waals surface area contributed by atoms with Crippen molar-refractivity contribution in [1.29, 1.82) is 0 Å². The molecule has 2 N–H and O–H groups in total. The standard InChI is InChI=1S/C13H14F3NO4/c1-3-21-11(19)12(20,13(14,15)16)17-10(18)9-6-4-5-8(2)7-9/h4-7,20H,3H2,1-2H3,(H,17,18)/t12-/m0/s1. The number of benzene rings is 1. The molecule has 1 aromatic carbocycles. The van der Waals surface area contributed by atoms with Gasteiger partial charge in [-0.1, -0.05) is 17.7 Å². The summed E-state index contributed by atoms with van der Waals surface area (Å²) in [5, 5.41) is 10.8. The molecule has 0 spiro atoms. The highest BCUT2D eigenvalue weighted by Gasteiger charge is 2.62. The van der Waals surface area contributed by atoms with Gasteiger partial charge in [-0.3, -0.25) is 4.79 Å². The fraction of sp³-hybridized carbons (Fsp3) is 0.385. The van der Waals surface area contributed by atoms with Gasteiger partial charge >= 0.3 is 17.9 Å². The molecule has 0 aliphatic rings. The molecule has 8 heteroatoms. The molecule has 1 rings (SSSR count).